The Labute approximate surface area is 81.3 Å². The fourth-order valence-electron chi connectivity index (χ4n) is 1.51. The summed E-state index contributed by atoms with van der Waals surface area (Å²) < 4.78 is 10.4. The minimum Gasteiger partial charge on any atom is -0.414 e. The molecule has 1 aromatic heterocycles. The lowest BCUT2D eigenvalue weighted by Crippen LogP contribution is -2.01. The molecule has 0 aliphatic carbocycles. The van der Waals surface area contributed by atoms with Crippen molar-refractivity contribution < 1.29 is 9.15 Å². The monoisotopic (exact) mass is 200 g/mol. The Kier molecular flexibility index (Phi) is 2.75. The number of aromatic amines is 1. The predicted octanol–water partition coefficient (Wildman–Crippen LogP) is 1.70. The van der Waals surface area contributed by atoms with Gasteiger partial charge in [-0.2, -0.15) is 0 Å². The number of aryl methyl sites for hydroxylation is 1. The van der Waals surface area contributed by atoms with Crippen LogP contribution < -0.4 is 0 Å². The quantitative estimate of drug-likeness (QED) is 0.754. The Balaban J connectivity index is 1.82. The number of hydrogen-bond donors (Lipinski definition) is 1. The summed E-state index contributed by atoms with van der Waals surface area (Å²) in [5.41, 5.74) is 0. The first-order valence-electron chi connectivity index (χ1n) is 4.47. The van der Waals surface area contributed by atoms with E-state index in [0.717, 1.165) is 32.5 Å². The maximum Gasteiger partial charge on any atom is 0.284 e. The first-order chi connectivity index (χ1) is 6.34. The smallest absolute Gasteiger partial charge is 0.284 e. The lowest BCUT2D eigenvalue weighted by Gasteiger charge is -2.02. The maximum atomic E-state index is 5.27. The van der Waals surface area contributed by atoms with Gasteiger partial charge in [-0.25, -0.2) is 5.10 Å². The Morgan fingerprint density at radius 3 is 3.15 bits per heavy atom. The lowest BCUT2D eigenvalue weighted by molar-refractivity contribution is 0.184. The number of hydrogen-bond acceptors (Lipinski definition) is 4. The number of nitrogens with zero attached hydrogens (tertiary/aromatic N) is 1. The van der Waals surface area contributed by atoms with E-state index in [1.165, 1.54) is 0 Å². The van der Waals surface area contributed by atoms with Crippen LogP contribution >= 0.6 is 12.2 Å². The average molecular weight is 200 g/mol. The second-order valence-electron chi connectivity index (χ2n) is 3.28. The van der Waals surface area contributed by atoms with Crippen LogP contribution in [0.3, 0.4) is 0 Å². The zero-order valence-electron chi connectivity index (χ0n) is 7.28. The molecule has 1 aliphatic rings. The molecular weight excluding hydrogens is 188 g/mol. The highest BCUT2D eigenvalue weighted by molar-refractivity contribution is 7.71. The van der Waals surface area contributed by atoms with Gasteiger partial charge < -0.3 is 9.15 Å². The predicted molar refractivity (Wildman–Crippen MR) is 48.9 cm³/mol. The highest BCUT2D eigenvalue weighted by Gasteiger charge is 2.16. The van der Waals surface area contributed by atoms with Crippen LogP contribution in [0.2, 0.25) is 0 Å². The first-order valence-corrected chi connectivity index (χ1v) is 4.87. The molecule has 1 atom stereocenters. The van der Waals surface area contributed by atoms with Crippen molar-refractivity contribution in [2.45, 2.75) is 19.3 Å². The van der Waals surface area contributed by atoms with Gasteiger partial charge in [0.15, 0.2) is 0 Å². The fourth-order valence-corrected chi connectivity index (χ4v) is 1.65. The Bertz CT molecular complexity index is 314. The van der Waals surface area contributed by atoms with Crippen LogP contribution in [-0.4, -0.2) is 23.4 Å². The van der Waals surface area contributed by atoms with Gasteiger partial charge in [0.25, 0.3) is 4.84 Å². The lowest BCUT2D eigenvalue weighted by atomic mass is 10.0. The Hall–Kier alpha value is -0.680. The highest BCUT2D eigenvalue weighted by atomic mass is 32.1. The second-order valence-corrected chi connectivity index (χ2v) is 3.65. The number of H-pyrrole nitrogens is 1. The van der Waals surface area contributed by atoms with Crippen LogP contribution in [-0.2, 0) is 11.2 Å². The summed E-state index contributed by atoms with van der Waals surface area (Å²) in [6.45, 7) is 1.78. The highest BCUT2D eigenvalue weighted by Crippen LogP contribution is 2.18. The van der Waals surface area contributed by atoms with Gasteiger partial charge in [-0.3, -0.25) is 0 Å². The van der Waals surface area contributed by atoms with Crippen LogP contribution in [0.4, 0.5) is 0 Å². The summed E-state index contributed by atoms with van der Waals surface area (Å²) in [5.74, 6) is 1.37. The van der Waals surface area contributed by atoms with Crippen LogP contribution in [0, 0.1) is 10.8 Å². The van der Waals surface area contributed by atoms with Crippen molar-refractivity contribution in [3.8, 4) is 0 Å². The normalized spacial score (nSPS) is 22.3. The Morgan fingerprint density at radius 1 is 1.62 bits per heavy atom. The second kappa shape index (κ2) is 4.02. The molecule has 1 aromatic rings. The van der Waals surface area contributed by atoms with Crippen molar-refractivity contribution in [3.63, 3.8) is 0 Å². The van der Waals surface area contributed by atoms with Gasteiger partial charge in [-0.1, -0.05) is 0 Å². The molecule has 0 amide bonds. The molecule has 72 valence electrons. The molecule has 13 heavy (non-hydrogen) atoms. The standard InChI is InChI=1S/C8H12N2O2S/c13-8-10-9-7(12-8)2-1-6-3-4-11-5-6/h6H,1-5H2,(H,10,13). The molecule has 0 bridgehead atoms. The molecule has 1 saturated heterocycles. The molecule has 2 heterocycles. The molecule has 2 rings (SSSR count). The molecule has 1 aliphatic heterocycles. The molecule has 1 unspecified atom stereocenters. The van der Waals surface area contributed by atoms with Crippen molar-refractivity contribution in [3.05, 3.63) is 10.7 Å². The van der Waals surface area contributed by atoms with Crippen LogP contribution in [0.1, 0.15) is 18.7 Å². The minimum absolute atomic E-state index is 0.359. The van der Waals surface area contributed by atoms with E-state index in [1.54, 1.807) is 0 Å². The van der Waals surface area contributed by atoms with Crippen LogP contribution in [0.5, 0.6) is 0 Å². The summed E-state index contributed by atoms with van der Waals surface area (Å²) >= 11 is 4.77. The van der Waals surface area contributed by atoms with Crippen LogP contribution in [0.25, 0.3) is 0 Å². The van der Waals surface area contributed by atoms with E-state index in [4.69, 9.17) is 21.4 Å². The van der Waals surface area contributed by atoms with E-state index in [2.05, 4.69) is 10.2 Å². The van der Waals surface area contributed by atoms with Crippen molar-refractivity contribution in [1.29, 1.82) is 0 Å². The summed E-state index contributed by atoms with van der Waals surface area (Å²) in [4.78, 5) is 0.359. The van der Waals surface area contributed by atoms with Gasteiger partial charge >= 0.3 is 0 Å². The number of rotatable bonds is 3. The van der Waals surface area contributed by atoms with Gasteiger partial charge in [0.2, 0.25) is 5.89 Å². The number of nitrogens with one attached hydrogen (secondary N) is 1. The Morgan fingerprint density at radius 2 is 2.54 bits per heavy atom. The topological polar surface area (TPSA) is 51.0 Å². The third-order valence-corrected chi connectivity index (χ3v) is 2.45. The molecule has 0 spiro atoms. The molecule has 0 aromatic carbocycles. The first kappa shape index (κ1) is 8.90. The molecule has 0 saturated carbocycles. The fraction of sp³-hybridized carbons (Fsp3) is 0.750. The van der Waals surface area contributed by atoms with Crippen molar-refractivity contribution >= 4 is 12.2 Å². The van der Waals surface area contributed by atoms with Gasteiger partial charge in [0.1, 0.15) is 0 Å². The third-order valence-electron chi connectivity index (χ3n) is 2.27. The SMILES string of the molecule is S=c1[nH]nc(CCC2CCOC2)o1. The van der Waals surface area contributed by atoms with Crippen molar-refractivity contribution in [2.75, 3.05) is 13.2 Å². The van der Waals surface area contributed by atoms with Gasteiger partial charge in [-0.15, -0.1) is 5.10 Å². The average Bonchev–Trinajstić information content (AvgIpc) is 2.71. The van der Waals surface area contributed by atoms with E-state index >= 15 is 0 Å². The van der Waals surface area contributed by atoms with Crippen LogP contribution in [0.15, 0.2) is 4.42 Å². The van der Waals surface area contributed by atoms with E-state index in [9.17, 15) is 0 Å². The van der Waals surface area contributed by atoms with E-state index < -0.39 is 0 Å². The van der Waals surface area contributed by atoms with Gasteiger partial charge in [-0.05, 0) is 31.0 Å². The zero-order valence-corrected chi connectivity index (χ0v) is 8.10. The van der Waals surface area contributed by atoms with E-state index in [1.807, 2.05) is 0 Å². The molecule has 1 N–H and O–H groups in total. The van der Waals surface area contributed by atoms with Gasteiger partial charge in [0.05, 0.1) is 0 Å². The molecule has 5 heteroatoms. The largest absolute Gasteiger partial charge is 0.414 e. The van der Waals surface area contributed by atoms with Gasteiger partial charge in [0, 0.05) is 19.6 Å². The summed E-state index contributed by atoms with van der Waals surface area (Å²) in [6, 6.07) is 0. The minimum atomic E-state index is 0.359. The summed E-state index contributed by atoms with van der Waals surface area (Å²) in [6.07, 6.45) is 3.08. The van der Waals surface area contributed by atoms with E-state index in [0.29, 0.717) is 16.6 Å². The zero-order chi connectivity index (χ0) is 9.10. The molecular formula is C8H12N2O2S. The van der Waals surface area contributed by atoms with Crippen molar-refractivity contribution in [2.24, 2.45) is 5.92 Å². The third kappa shape index (κ3) is 2.38. The number of ether oxygens (including phenoxy) is 1. The number of aromatic nitrogens is 2. The maximum absolute atomic E-state index is 5.27. The molecule has 4 nitrogen and oxygen atoms in total. The van der Waals surface area contributed by atoms with Crippen molar-refractivity contribution in [1.82, 2.24) is 10.2 Å². The molecule has 0 radical (unpaired) electrons. The summed E-state index contributed by atoms with van der Waals surface area (Å²) in [7, 11) is 0. The summed E-state index contributed by atoms with van der Waals surface area (Å²) in [5, 5.41) is 6.55. The van der Waals surface area contributed by atoms with E-state index in [-0.39, 0.29) is 0 Å². The molecule has 1 fully saturated rings.